The van der Waals surface area contributed by atoms with Crippen LogP contribution in [0.5, 0.6) is 0 Å². The average molecular weight is 429 g/mol. The van der Waals surface area contributed by atoms with Gasteiger partial charge >= 0.3 is 0 Å². The highest BCUT2D eigenvalue weighted by Gasteiger charge is 2.31. The van der Waals surface area contributed by atoms with Gasteiger partial charge in [0.2, 0.25) is 5.91 Å². The van der Waals surface area contributed by atoms with E-state index in [1.54, 1.807) is 0 Å². The smallest absolute Gasteiger partial charge is 0.227 e. The Labute approximate surface area is 180 Å². The Morgan fingerprint density at radius 2 is 2.13 bits per heavy atom. The summed E-state index contributed by atoms with van der Waals surface area (Å²) in [6, 6.07) is 1.91. The number of carbonyl (C=O) groups excluding carboxylic acids is 1. The van der Waals surface area contributed by atoms with Crippen LogP contribution < -0.4 is 0 Å². The summed E-state index contributed by atoms with van der Waals surface area (Å²) in [4.78, 5) is 16.1. The van der Waals surface area contributed by atoms with Crippen LogP contribution in [0.3, 0.4) is 0 Å². The molecule has 1 aliphatic rings. The first-order valence-corrected chi connectivity index (χ1v) is 11.2. The fourth-order valence-electron chi connectivity index (χ4n) is 4.12. The molecule has 1 amide bonds. The monoisotopic (exact) mass is 428 g/mol. The minimum atomic E-state index is -0.133. The van der Waals surface area contributed by atoms with Crippen molar-refractivity contribution in [3.05, 3.63) is 34.4 Å². The molecule has 0 aliphatic carbocycles. The average Bonchev–Trinajstić information content (AvgIpc) is 3.44. The van der Waals surface area contributed by atoms with E-state index >= 15 is 0 Å². The van der Waals surface area contributed by atoms with Gasteiger partial charge in [0.05, 0.1) is 29.5 Å². The molecular weight excluding hydrogens is 400 g/mol. The number of nitrogens with zero attached hydrogens (tertiary/aromatic N) is 6. The fourth-order valence-corrected chi connectivity index (χ4v) is 4.82. The number of likely N-dealkylation sites (tertiary alicyclic amines) is 1. The van der Waals surface area contributed by atoms with Gasteiger partial charge in [-0.3, -0.25) is 9.48 Å². The standard InChI is InChI=1S/C21H28N6O2S/c1-12(10-27-16(5)14(3)15(4)23-27)21(28)26-8-6-7-17(11-26)19-20(30-25-22-19)18-9-13(2)24-29-18/h9,12,17H,6-8,10-11H2,1-5H3/t12-,17+/m1/s1. The van der Waals surface area contributed by atoms with Gasteiger partial charge in [-0.1, -0.05) is 16.6 Å². The normalized spacial score (nSPS) is 18.0. The molecule has 0 unspecified atom stereocenters. The Balaban J connectivity index is 1.47. The van der Waals surface area contributed by atoms with Crippen molar-refractivity contribution in [2.75, 3.05) is 13.1 Å². The molecule has 0 spiro atoms. The Morgan fingerprint density at radius 1 is 1.33 bits per heavy atom. The maximum absolute atomic E-state index is 13.2. The molecule has 160 valence electrons. The minimum absolute atomic E-state index is 0.133. The molecule has 0 radical (unpaired) electrons. The molecule has 0 bridgehead atoms. The quantitative estimate of drug-likeness (QED) is 0.616. The first kappa shape index (κ1) is 20.7. The molecule has 0 N–H and O–H groups in total. The zero-order chi connectivity index (χ0) is 21.4. The van der Waals surface area contributed by atoms with Crippen LogP contribution in [-0.4, -0.2) is 48.4 Å². The van der Waals surface area contributed by atoms with Crippen LogP contribution >= 0.6 is 11.5 Å². The molecule has 0 saturated carbocycles. The summed E-state index contributed by atoms with van der Waals surface area (Å²) in [5, 5.41) is 13.0. The van der Waals surface area contributed by atoms with Crippen molar-refractivity contribution in [1.29, 1.82) is 0 Å². The van der Waals surface area contributed by atoms with Crippen molar-refractivity contribution in [3.63, 3.8) is 0 Å². The first-order chi connectivity index (χ1) is 14.3. The lowest BCUT2D eigenvalue weighted by Gasteiger charge is -2.34. The van der Waals surface area contributed by atoms with E-state index in [0.29, 0.717) is 18.8 Å². The van der Waals surface area contributed by atoms with Gasteiger partial charge in [-0.2, -0.15) is 5.10 Å². The molecule has 3 aromatic rings. The number of aromatic nitrogens is 5. The number of piperidine rings is 1. The second-order valence-corrected chi connectivity index (χ2v) is 9.08. The molecular formula is C21H28N6O2S. The van der Waals surface area contributed by atoms with Crippen LogP contribution in [0.2, 0.25) is 0 Å². The number of amides is 1. The van der Waals surface area contributed by atoms with Gasteiger partial charge in [0, 0.05) is 30.8 Å². The molecule has 9 heteroatoms. The molecule has 1 saturated heterocycles. The first-order valence-electron chi connectivity index (χ1n) is 10.4. The summed E-state index contributed by atoms with van der Waals surface area (Å²) < 4.78 is 11.5. The van der Waals surface area contributed by atoms with Crippen LogP contribution in [-0.2, 0) is 11.3 Å². The van der Waals surface area contributed by atoms with Crippen LogP contribution in [0.1, 0.15) is 54.0 Å². The Kier molecular flexibility index (Phi) is 5.73. The predicted molar refractivity (Wildman–Crippen MR) is 114 cm³/mol. The predicted octanol–water partition coefficient (Wildman–Crippen LogP) is 3.67. The third kappa shape index (κ3) is 3.90. The van der Waals surface area contributed by atoms with E-state index in [0.717, 1.165) is 47.0 Å². The van der Waals surface area contributed by atoms with Gasteiger partial charge in [0.25, 0.3) is 0 Å². The maximum atomic E-state index is 13.2. The third-order valence-electron chi connectivity index (χ3n) is 6.10. The second kappa shape index (κ2) is 8.29. The van der Waals surface area contributed by atoms with Crippen molar-refractivity contribution in [2.24, 2.45) is 5.92 Å². The molecule has 8 nitrogen and oxygen atoms in total. The van der Waals surface area contributed by atoms with Gasteiger partial charge in [0.1, 0.15) is 4.88 Å². The lowest BCUT2D eigenvalue weighted by molar-refractivity contribution is -0.136. The molecule has 1 aliphatic heterocycles. The zero-order valence-corrected chi connectivity index (χ0v) is 19.0. The minimum Gasteiger partial charge on any atom is -0.355 e. The van der Waals surface area contributed by atoms with Gasteiger partial charge in [-0.25, -0.2) is 0 Å². The molecule has 1 fully saturated rings. The van der Waals surface area contributed by atoms with Crippen molar-refractivity contribution in [3.8, 4) is 10.6 Å². The molecule has 4 heterocycles. The van der Waals surface area contributed by atoms with Crippen LogP contribution in [0.25, 0.3) is 10.6 Å². The highest BCUT2D eigenvalue weighted by atomic mass is 32.1. The topological polar surface area (TPSA) is 89.9 Å². The summed E-state index contributed by atoms with van der Waals surface area (Å²) >= 11 is 1.32. The summed E-state index contributed by atoms with van der Waals surface area (Å²) in [5.41, 5.74) is 5.09. The summed E-state index contributed by atoms with van der Waals surface area (Å²) in [6.07, 6.45) is 1.94. The van der Waals surface area contributed by atoms with Crippen molar-refractivity contribution in [2.45, 2.75) is 59.9 Å². The summed E-state index contributed by atoms with van der Waals surface area (Å²) in [7, 11) is 0. The van der Waals surface area contributed by atoms with E-state index < -0.39 is 0 Å². The molecule has 30 heavy (non-hydrogen) atoms. The highest BCUT2D eigenvalue weighted by molar-refractivity contribution is 7.09. The second-order valence-electron chi connectivity index (χ2n) is 8.32. The zero-order valence-electron chi connectivity index (χ0n) is 18.2. The van der Waals surface area contributed by atoms with Gasteiger partial charge in [-0.15, -0.1) is 5.10 Å². The Bertz CT molecular complexity index is 1050. The summed E-state index contributed by atoms with van der Waals surface area (Å²) in [6.45, 7) is 12.1. The van der Waals surface area contributed by atoms with Crippen molar-refractivity contribution in [1.82, 2.24) is 29.4 Å². The van der Waals surface area contributed by atoms with Gasteiger partial charge in [0.15, 0.2) is 5.76 Å². The van der Waals surface area contributed by atoms with E-state index in [-0.39, 0.29) is 17.7 Å². The number of aryl methyl sites for hydroxylation is 2. The maximum Gasteiger partial charge on any atom is 0.227 e. The van der Waals surface area contributed by atoms with Crippen LogP contribution in [0.4, 0.5) is 0 Å². The SMILES string of the molecule is Cc1cc(-c2snnc2[C@H]2CCCN(C(=O)[C@H](C)Cn3nc(C)c(C)c3C)C2)on1. The largest absolute Gasteiger partial charge is 0.355 e. The van der Waals surface area contributed by atoms with Crippen LogP contribution in [0.15, 0.2) is 10.6 Å². The number of rotatable bonds is 5. The lowest BCUT2D eigenvalue weighted by Crippen LogP contribution is -2.43. The molecule has 3 aromatic heterocycles. The van der Waals surface area contributed by atoms with Gasteiger partial charge < -0.3 is 9.42 Å². The van der Waals surface area contributed by atoms with Gasteiger partial charge in [-0.05, 0) is 57.6 Å². The number of hydrogen-bond acceptors (Lipinski definition) is 7. The summed E-state index contributed by atoms with van der Waals surface area (Å²) in [5.74, 6) is 0.899. The van der Waals surface area contributed by atoms with Crippen molar-refractivity contribution >= 4 is 17.4 Å². The number of hydrogen-bond donors (Lipinski definition) is 0. The fraction of sp³-hybridized carbons (Fsp3) is 0.571. The van der Waals surface area contributed by atoms with E-state index in [1.165, 1.54) is 17.1 Å². The molecule has 4 rings (SSSR count). The third-order valence-corrected chi connectivity index (χ3v) is 6.85. The van der Waals surface area contributed by atoms with E-state index in [2.05, 4.69) is 33.7 Å². The number of carbonyl (C=O) groups is 1. The van der Waals surface area contributed by atoms with Crippen LogP contribution in [0, 0.1) is 33.6 Å². The van der Waals surface area contributed by atoms with E-state index in [1.807, 2.05) is 36.4 Å². The Morgan fingerprint density at radius 3 is 2.80 bits per heavy atom. The molecule has 2 atom stereocenters. The Hall–Kier alpha value is -2.55. The lowest BCUT2D eigenvalue weighted by atomic mass is 9.92. The van der Waals surface area contributed by atoms with Crippen molar-refractivity contribution < 1.29 is 9.32 Å². The highest BCUT2D eigenvalue weighted by Crippen LogP contribution is 2.35. The molecule has 0 aromatic carbocycles. The van der Waals surface area contributed by atoms with E-state index in [9.17, 15) is 4.79 Å². The van der Waals surface area contributed by atoms with E-state index in [4.69, 9.17) is 4.52 Å².